The van der Waals surface area contributed by atoms with Crippen LogP contribution in [-0.2, 0) is 4.79 Å². The molecule has 0 unspecified atom stereocenters. The molecule has 9 nitrogen and oxygen atoms in total. The number of carbonyl (C=O) groups is 1. The van der Waals surface area contributed by atoms with Gasteiger partial charge in [0.1, 0.15) is 17.0 Å². The number of non-ortho nitro benzene ring substituents is 1. The molecule has 0 fully saturated rings. The molecule has 1 N–H and O–H groups in total. The van der Waals surface area contributed by atoms with Gasteiger partial charge in [-0.05, 0) is 67.4 Å². The Morgan fingerprint density at radius 1 is 1.09 bits per heavy atom. The number of methoxy groups -OCH3 is 1. The maximum absolute atomic E-state index is 12.5. The average molecular weight is 447 g/mol. The number of aromatic nitrogens is 1. The van der Waals surface area contributed by atoms with E-state index in [0.717, 1.165) is 16.6 Å². The number of rotatable bonds is 7. The van der Waals surface area contributed by atoms with Crippen molar-refractivity contribution < 1.29 is 23.6 Å². The number of hydrogen-bond donors (Lipinski definition) is 1. The molecule has 0 spiro atoms. The van der Waals surface area contributed by atoms with Crippen molar-refractivity contribution in [1.82, 2.24) is 4.98 Å². The lowest BCUT2D eigenvalue weighted by atomic mass is 10.1. The van der Waals surface area contributed by atoms with Gasteiger partial charge < -0.3 is 19.2 Å². The molecular weight excluding hydrogens is 426 g/mol. The Labute approximate surface area is 189 Å². The van der Waals surface area contributed by atoms with Gasteiger partial charge in [-0.2, -0.15) is 0 Å². The minimum Gasteiger partial charge on any atom is -0.495 e. The summed E-state index contributed by atoms with van der Waals surface area (Å²) in [5.74, 6) is 0.807. The number of amides is 1. The minimum absolute atomic E-state index is 0.0575. The number of nitrogens with zero attached hydrogens (tertiary/aromatic N) is 2. The summed E-state index contributed by atoms with van der Waals surface area (Å²) in [4.78, 5) is 27.2. The van der Waals surface area contributed by atoms with E-state index in [-0.39, 0.29) is 12.3 Å². The summed E-state index contributed by atoms with van der Waals surface area (Å²) in [6.07, 6.45) is 0. The molecule has 0 aliphatic carbocycles. The molecule has 0 aliphatic heterocycles. The van der Waals surface area contributed by atoms with Gasteiger partial charge in [0.15, 0.2) is 12.2 Å². The summed E-state index contributed by atoms with van der Waals surface area (Å²) in [7, 11) is 1.50. The molecule has 3 aromatic carbocycles. The van der Waals surface area contributed by atoms with Crippen molar-refractivity contribution in [1.29, 1.82) is 0 Å². The number of nitrogens with one attached hydrogen (secondary N) is 1. The Bertz CT molecular complexity index is 1310. The van der Waals surface area contributed by atoms with E-state index in [1.54, 1.807) is 18.2 Å². The van der Waals surface area contributed by atoms with Gasteiger partial charge in [-0.1, -0.05) is 0 Å². The number of oxazole rings is 1. The van der Waals surface area contributed by atoms with Crippen molar-refractivity contribution >= 4 is 28.4 Å². The smallest absolute Gasteiger partial charge is 0.269 e. The third-order valence-corrected chi connectivity index (χ3v) is 5.14. The molecule has 1 amide bonds. The third kappa shape index (κ3) is 4.77. The highest BCUT2D eigenvalue weighted by Gasteiger charge is 2.15. The Balaban J connectivity index is 1.51. The molecule has 0 bridgehead atoms. The first-order valence-electron chi connectivity index (χ1n) is 10.1. The fourth-order valence-electron chi connectivity index (χ4n) is 3.24. The zero-order chi connectivity index (χ0) is 23.5. The normalized spacial score (nSPS) is 10.8. The number of carbonyl (C=O) groups excluding carboxylic acids is 1. The van der Waals surface area contributed by atoms with E-state index in [1.807, 2.05) is 26.0 Å². The van der Waals surface area contributed by atoms with Crippen LogP contribution in [0.5, 0.6) is 11.5 Å². The van der Waals surface area contributed by atoms with Gasteiger partial charge in [0.05, 0.1) is 17.7 Å². The fraction of sp³-hybridized carbons (Fsp3) is 0.167. The number of hydrogen-bond acceptors (Lipinski definition) is 7. The standard InChI is InChI=1S/C24H21N3O6/c1-14-10-19-22(11-15(14)2)33-24(26-19)16-4-9-21(31-3)20(12-16)25-23(28)13-32-18-7-5-17(6-8-18)27(29)30/h4-12H,13H2,1-3H3,(H,25,28). The summed E-state index contributed by atoms with van der Waals surface area (Å²) in [6.45, 7) is 3.74. The zero-order valence-corrected chi connectivity index (χ0v) is 18.2. The van der Waals surface area contributed by atoms with Gasteiger partial charge in [-0.3, -0.25) is 14.9 Å². The van der Waals surface area contributed by atoms with E-state index < -0.39 is 10.8 Å². The van der Waals surface area contributed by atoms with Gasteiger partial charge in [-0.15, -0.1) is 0 Å². The van der Waals surface area contributed by atoms with Crippen LogP contribution in [0.25, 0.3) is 22.6 Å². The summed E-state index contributed by atoms with van der Waals surface area (Å²) < 4.78 is 16.7. The topological polar surface area (TPSA) is 117 Å². The largest absolute Gasteiger partial charge is 0.495 e. The van der Waals surface area contributed by atoms with Crippen molar-refractivity contribution in [3.8, 4) is 23.0 Å². The Kier molecular flexibility index (Phi) is 5.95. The number of aryl methyl sites for hydroxylation is 2. The van der Waals surface area contributed by atoms with Crippen LogP contribution >= 0.6 is 0 Å². The highest BCUT2D eigenvalue weighted by Crippen LogP contribution is 2.32. The molecule has 168 valence electrons. The van der Waals surface area contributed by atoms with E-state index in [4.69, 9.17) is 13.9 Å². The van der Waals surface area contributed by atoms with Crippen molar-refractivity contribution in [2.75, 3.05) is 19.0 Å². The second kappa shape index (κ2) is 8.99. The van der Waals surface area contributed by atoms with Gasteiger partial charge in [0.2, 0.25) is 5.89 Å². The minimum atomic E-state index is -0.505. The third-order valence-electron chi connectivity index (χ3n) is 5.14. The molecule has 0 radical (unpaired) electrons. The maximum Gasteiger partial charge on any atom is 0.269 e. The number of fused-ring (bicyclic) bond motifs is 1. The van der Waals surface area contributed by atoms with Crippen molar-refractivity contribution in [3.63, 3.8) is 0 Å². The van der Waals surface area contributed by atoms with Gasteiger partial charge in [0, 0.05) is 17.7 Å². The van der Waals surface area contributed by atoms with E-state index in [2.05, 4.69) is 10.3 Å². The van der Waals surface area contributed by atoms with Crippen molar-refractivity contribution in [2.24, 2.45) is 0 Å². The summed E-state index contributed by atoms with van der Waals surface area (Å²) >= 11 is 0. The van der Waals surface area contributed by atoms with Crippen LogP contribution in [0.15, 0.2) is 59.0 Å². The molecule has 0 aliphatic rings. The first-order chi connectivity index (χ1) is 15.8. The Hall–Kier alpha value is -4.40. The van der Waals surface area contributed by atoms with Crippen molar-refractivity contribution in [3.05, 3.63) is 75.8 Å². The number of benzene rings is 3. The van der Waals surface area contributed by atoms with Crippen LogP contribution in [0.3, 0.4) is 0 Å². The summed E-state index contributed by atoms with van der Waals surface area (Å²) in [5, 5.41) is 13.5. The van der Waals surface area contributed by atoms with Crippen LogP contribution in [0.2, 0.25) is 0 Å². The fourth-order valence-corrected chi connectivity index (χ4v) is 3.24. The number of nitro benzene ring substituents is 1. The highest BCUT2D eigenvalue weighted by atomic mass is 16.6. The second-order valence-electron chi connectivity index (χ2n) is 7.43. The quantitative estimate of drug-likeness (QED) is 0.311. The van der Waals surface area contributed by atoms with Gasteiger partial charge in [-0.25, -0.2) is 4.98 Å². The number of ether oxygens (including phenoxy) is 2. The molecule has 33 heavy (non-hydrogen) atoms. The lowest BCUT2D eigenvalue weighted by Crippen LogP contribution is -2.20. The van der Waals surface area contributed by atoms with Crippen LogP contribution in [0, 0.1) is 24.0 Å². The van der Waals surface area contributed by atoms with Crippen molar-refractivity contribution in [2.45, 2.75) is 13.8 Å². The Morgan fingerprint density at radius 3 is 2.52 bits per heavy atom. The second-order valence-corrected chi connectivity index (χ2v) is 7.43. The monoisotopic (exact) mass is 447 g/mol. The van der Waals surface area contributed by atoms with Crippen LogP contribution in [0.1, 0.15) is 11.1 Å². The number of nitro groups is 1. The summed E-state index contributed by atoms with van der Waals surface area (Å²) in [5.41, 5.74) is 4.73. The lowest BCUT2D eigenvalue weighted by Gasteiger charge is -2.12. The number of anilines is 1. The molecule has 0 saturated carbocycles. The van der Waals surface area contributed by atoms with E-state index in [0.29, 0.717) is 34.2 Å². The van der Waals surface area contributed by atoms with Crippen LogP contribution in [0.4, 0.5) is 11.4 Å². The summed E-state index contributed by atoms with van der Waals surface area (Å²) in [6, 6.07) is 14.6. The molecule has 1 aromatic heterocycles. The average Bonchev–Trinajstić information content (AvgIpc) is 3.21. The molecule has 0 saturated heterocycles. The first-order valence-corrected chi connectivity index (χ1v) is 10.1. The maximum atomic E-state index is 12.5. The van der Waals surface area contributed by atoms with Gasteiger partial charge in [0.25, 0.3) is 11.6 Å². The van der Waals surface area contributed by atoms with Crippen LogP contribution < -0.4 is 14.8 Å². The molecule has 4 rings (SSSR count). The Morgan fingerprint density at radius 2 is 1.82 bits per heavy atom. The van der Waals surface area contributed by atoms with E-state index in [1.165, 1.54) is 31.4 Å². The first kappa shape index (κ1) is 21.8. The highest BCUT2D eigenvalue weighted by molar-refractivity contribution is 5.94. The van der Waals surface area contributed by atoms with Crippen LogP contribution in [-0.4, -0.2) is 29.5 Å². The molecule has 1 heterocycles. The zero-order valence-electron chi connectivity index (χ0n) is 18.2. The molecular formula is C24H21N3O6. The SMILES string of the molecule is COc1ccc(-c2nc3cc(C)c(C)cc3o2)cc1NC(=O)COc1ccc([N+](=O)[O-])cc1. The molecule has 4 aromatic rings. The van der Waals surface area contributed by atoms with E-state index in [9.17, 15) is 14.9 Å². The van der Waals surface area contributed by atoms with Gasteiger partial charge >= 0.3 is 0 Å². The predicted molar refractivity (Wildman–Crippen MR) is 123 cm³/mol. The lowest BCUT2D eigenvalue weighted by molar-refractivity contribution is -0.384. The molecule has 0 atom stereocenters. The predicted octanol–water partition coefficient (Wildman–Crippen LogP) is 5.05. The van der Waals surface area contributed by atoms with E-state index >= 15 is 0 Å². The molecule has 9 heteroatoms.